The lowest BCUT2D eigenvalue weighted by Gasteiger charge is -2.10. The van der Waals surface area contributed by atoms with Crippen molar-refractivity contribution in [3.63, 3.8) is 0 Å². The first kappa shape index (κ1) is 14.7. The largest absolute Gasteiger partial charge is 0.340 e. The minimum atomic E-state index is 0.937. The van der Waals surface area contributed by atoms with Crippen LogP contribution in [0.1, 0.15) is 41.0 Å². The van der Waals surface area contributed by atoms with Crippen LogP contribution in [-0.4, -0.2) is 24.3 Å². The molecule has 0 atom stereocenters. The van der Waals surface area contributed by atoms with Gasteiger partial charge in [0.25, 0.3) is 0 Å². The molecular formula is C11H24N2. The Morgan fingerprint density at radius 1 is 1.23 bits per heavy atom. The molecule has 0 aromatic rings. The summed E-state index contributed by atoms with van der Waals surface area (Å²) in [5.41, 5.74) is 0. The number of aliphatic imine (C=N–C) groups is 1. The summed E-state index contributed by atoms with van der Waals surface area (Å²) in [6.07, 6.45) is 5.27. The second kappa shape index (κ2) is 11.2. The predicted octanol–water partition coefficient (Wildman–Crippen LogP) is 3.31. The van der Waals surface area contributed by atoms with Crippen LogP contribution < -0.4 is 0 Å². The lowest BCUT2D eigenvalue weighted by atomic mass is 10.4. The molecule has 78 valence electrons. The fourth-order valence-electron chi connectivity index (χ4n) is 0.753. The van der Waals surface area contributed by atoms with Gasteiger partial charge in [0.15, 0.2) is 0 Å². The van der Waals surface area contributed by atoms with Crippen molar-refractivity contribution < 1.29 is 0 Å². The van der Waals surface area contributed by atoms with Gasteiger partial charge in [-0.05, 0) is 13.3 Å². The molecule has 2 nitrogen and oxygen atoms in total. The molecule has 0 spiro atoms. The molecular weight excluding hydrogens is 160 g/mol. The van der Waals surface area contributed by atoms with Crippen LogP contribution in [0.15, 0.2) is 17.3 Å². The van der Waals surface area contributed by atoms with Crippen molar-refractivity contribution in [2.75, 3.05) is 13.6 Å². The number of amidine groups is 1. The van der Waals surface area contributed by atoms with Crippen molar-refractivity contribution in [3.05, 3.63) is 12.3 Å². The average molecular weight is 184 g/mol. The van der Waals surface area contributed by atoms with E-state index in [0.29, 0.717) is 0 Å². The molecule has 1 heterocycles. The molecule has 0 unspecified atom stereocenters. The maximum atomic E-state index is 4.28. The Morgan fingerprint density at radius 2 is 1.77 bits per heavy atom. The summed E-state index contributed by atoms with van der Waals surface area (Å²) in [7, 11) is 2.01. The number of hydrogen-bond donors (Lipinski definition) is 0. The molecule has 0 saturated heterocycles. The van der Waals surface area contributed by atoms with Gasteiger partial charge in [-0.1, -0.05) is 33.8 Å². The van der Waals surface area contributed by atoms with Crippen LogP contribution >= 0.6 is 0 Å². The lowest BCUT2D eigenvalue weighted by Crippen LogP contribution is -2.16. The summed E-state index contributed by atoms with van der Waals surface area (Å²) in [6, 6.07) is 0. The van der Waals surface area contributed by atoms with Crippen LogP contribution in [0.25, 0.3) is 0 Å². The van der Waals surface area contributed by atoms with E-state index in [-0.39, 0.29) is 0 Å². The Labute approximate surface area is 83.4 Å². The van der Waals surface area contributed by atoms with Crippen molar-refractivity contribution in [2.24, 2.45) is 4.99 Å². The first-order chi connectivity index (χ1) is 6.30. The summed E-state index contributed by atoms with van der Waals surface area (Å²) < 4.78 is 0. The maximum Gasteiger partial charge on any atom is 0.0994 e. The van der Waals surface area contributed by atoms with Gasteiger partial charge in [-0.2, -0.15) is 0 Å². The second-order valence-corrected chi connectivity index (χ2v) is 2.21. The van der Waals surface area contributed by atoms with Crippen molar-refractivity contribution in [1.29, 1.82) is 0 Å². The molecule has 1 aliphatic rings. The fourth-order valence-corrected chi connectivity index (χ4v) is 0.753. The molecule has 0 fully saturated rings. The standard InChI is InChI=1S/C7H12N2.2C2H6/c1-7-8-5-3-4-6-9(7)2;2*1-2/h4,6H,3,5H2,1-2H3;2*1-2H3. The van der Waals surface area contributed by atoms with Gasteiger partial charge in [-0.3, -0.25) is 4.99 Å². The molecule has 1 rings (SSSR count). The average Bonchev–Trinajstić information content (AvgIpc) is 2.39. The molecule has 0 bridgehead atoms. The van der Waals surface area contributed by atoms with E-state index in [1.54, 1.807) is 0 Å². The highest BCUT2D eigenvalue weighted by atomic mass is 15.1. The van der Waals surface area contributed by atoms with Gasteiger partial charge >= 0.3 is 0 Å². The first-order valence-corrected chi connectivity index (χ1v) is 5.21. The number of rotatable bonds is 0. The molecule has 0 aliphatic carbocycles. The summed E-state index contributed by atoms with van der Waals surface area (Å²) >= 11 is 0. The second-order valence-electron chi connectivity index (χ2n) is 2.21. The Morgan fingerprint density at radius 3 is 2.31 bits per heavy atom. The van der Waals surface area contributed by atoms with E-state index in [0.717, 1.165) is 18.8 Å². The minimum absolute atomic E-state index is 0.937. The molecule has 0 N–H and O–H groups in total. The van der Waals surface area contributed by atoms with Gasteiger partial charge < -0.3 is 4.90 Å². The third-order valence-electron chi connectivity index (χ3n) is 1.48. The Balaban J connectivity index is 0. The van der Waals surface area contributed by atoms with Crippen molar-refractivity contribution in [2.45, 2.75) is 41.0 Å². The van der Waals surface area contributed by atoms with E-state index in [2.05, 4.69) is 17.3 Å². The molecule has 1 aliphatic heterocycles. The SMILES string of the molecule is CC.CC.CC1=NCCC=CN1C. The smallest absolute Gasteiger partial charge is 0.0994 e. The van der Waals surface area contributed by atoms with Gasteiger partial charge in [-0.25, -0.2) is 0 Å². The van der Waals surface area contributed by atoms with E-state index >= 15 is 0 Å². The van der Waals surface area contributed by atoms with Crippen molar-refractivity contribution >= 4 is 5.84 Å². The van der Waals surface area contributed by atoms with Gasteiger partial charge in [0.2, 0.25) is 0 Å². The van der Waals surface area contributed by atoms with E-state index in [1.807, 2.05) is 46.6 Å². The van der Waals surface area contributed by atoms with Crippen LogP contribution in [0, 0.1) is 0 Å². The molecule has 0 amide bonds. The zero-order valence-corrected chi connectivity index (χ0v) is 9.96. The Hall–Kier alpha value is -0.790. The van der Waals surface area contributed by atoms with Crippen LogP contribution in [-0.2, 0) is 0 Å². The van der Waals surface area contributed by atoms with Gasteiger partial charge in [0.1, 0.15) is 0 Å². The van der Waals surface area contributed by atoms with Crippen LogP contribution in [0.2, 0.25) is 0 Å². The summed E-state index contributed by atoms with van der Waals surface area (Å²) in [5, 5.41) is 0. The van der Waals surface area contributed by atoms with Gasteiger partial charge in [-0.15, -0.1) is 0 Å². The van der Waals surface area contributed by atoms with Crippen LogP contribution in [0.3, 0.4) is 0 Å². The molecule has 0 aromatic carbocycles. The van der Waals surface area contributed by atoms with E-state index in [4.69, 9.17) is 0 Å². The van der Waals surface area contributed by atoms with E-state index in [1.165, 1.54) is 0 Å². The normalized spacial score (nSPS) is 14.3. The minimum Gasteiger partial charge on any atom is -0.340 e. The van der Waals surface area contributed by atoms with Crippen molar-refractivity contribution in [1.82, 2.24) is 4.90 Å². The molecule has 0 radical (unpaired) electrons. The quantitative estimate of drug-likeness (QED) is 0.564. The maximum absolute atomic E-state index is 4.28. The third kappa shape index (κ3) is 7.57. The molecule has 0 aromatic heterocycles. The summed E-state index contributed by atoms with van der Waals surface area (Å²) in [6.45, 7) is 11.0. The highest BCUT2D eigenvalue weighted by Crippen LogP contribution is 1.97. The van der Waals surface area contributed by atoms with Crippen molar-refractivity contribution in [3.8, 4) is 0 Å². The number of hydrogen-bond acceptors (Lipinski definition) is 2. The first-order valence-electron chi connectivity index (χ1n) is 5.21. The number of nitrogens with zero attached hydrogens (tertiary/aromatic N) is 2. The highest BCUT2D eigenvalue weighted by Gasteiger charge is 1.96. The topological polar surface area (TPSA) is 15.6 Å². The van der Waals surface area contributed by atoms with Crippen LogP contribution in [0.4, 0.5) is 0 Å². The zero-order chi connectivity index (χ0) is 10.7. The molecule has 13 heavy (non-hydrogen) atoms. The lowest BCUT2D eigenvalue weighted by molar-refractivity contribution is 0.684. The monoisotopic (exact) mass is 184 g/mol. The Kier molecular flexibility index (Phi) is 12.7. The Bertz CT molecular complexity index is 148. The summed E-state index contributed by atoms with van der Waals surface area (Å²) in [4.78, 5) is 6.32. The predicted molar refractivity (Wildman–Crippen MR) is 62.2 cm³/mol. The van der Waals surface area contributed by atoms with Crippen LogP contribution in [0.5, 0.6) is 0 Å². The van der Waals surface area contributed by atoms with Gasteiger partial charge in [0.05, 0.1) is 5.84 Å². The van der Waals surface area contributed by atoms with E-state index < -0.39 is 0 Å². The summed E-state index contributed by atoms with van der Waals surface area (Å²) in [5.74, 6) is 1.10. The third-order valence-corrected chi connectivity index (χ3v) is 1.48. The zero-order valence-electron chi connectivity index (χ0n) is 9.96. The molecule has 0 saturated carbocycles. The van der Waals surface area contributed by atoms with E-state index in [9.17, 15) is 0 Å². The highest BCUT2D eigenvalue weighted by molar-refractivity contribution is 5.80. The van der Waals surface area contributed by atoms with Gasteiger partial charge in [0, 0.05) is 19.8 Å². The molecule has 2 heteroatoms. The fraction of sp³-hybridized carbons (Fsp3) is 0.727.